The topological polar surface area (TPSA) is 86.7 Å². The average molecular weight is 433 g/mol. The molecule has 0 aliphatic rings. The van der Waals surface area contributed by atoms with E-state index < -0.39 is 28.1 Å². The van der Waals surface area contributed by atoms with Gasteiger partial charge in [-0.3, -0.25) is 4.79 Å². The fraction of sp³-hybridized carbons (Fsp3) is 0.435. The van der Waals surface area contributed by atoms with Crippen LogP contribution in [-0.2, 0) is 26.8 Å². The quantitative estimate of drug-likeness (QED) is 0.704. The van der Waals surface area contributed by atoms with Crippen molar-refractivity contribution >= 4 is 15.9 Å². The molecule has 0 saturated carbocycles. The summed E-state index contributed by atoms with van der Waals surface area (Å²) in [5.41, 5.74) is 3.07. The smallest absolute Gasteiger partial charge is 0.243 e. The summed E-state index contributed by atoms with van der Waals surface area (Å²) in [6.45, 7) is 9.95. The Morgan fingerprint density at radius 1 is 1.07 bits per heavy atom. The van der Waals surface area contributed by atoms with E-state index in [2.05, 4.69) is 25.5 Å². The minimum atomic E-state index is -3.95. The molecular weight excluding hydrogens is 400 g/mol. The van der Waals surface area contributed by atoms with Gasteiger partial charge in [0, 0.05) is 13.6 Å². The second-order valence-corrected chi connectivity index (χ2v) is 10.5. The number of amides is 1. The Labute approximate surface area is 180 Å². The van der Waals surface area contributed by atoms with Crippen LogP contribution in [0, 0.1) is 6.92 Å². The summed E-state index contributed by atoms with van der Waals surface area (Å²) in [7, 11) is -2.36. The number of aryl methyl sites for hydroxylation is 1. The molecule has 2 aromatic carbocycles. The lowest BCUT2D eigenvalue weighted by atomic mass is 9.87. The molecule has 0 aliphatic carbocycles. The van der Waals surface area contributed by atoms with Gasteiger partial charge >= 0.3 is 0 Å². The van der Waals surface area contributed by atoms with Gasteiger partial charge in [-0.1, -0.05) is 62.7 Å². The van der Waals surface area contributed by atoms with Crippen LogP contribution in [0.4, 0.5) is 0 Å². The molecule has 2 atom stereocenters. The predicted molar refractivity (Wildman–Crippen MR) is 119 cm³/mol. The van der Waals surface area contributed by atoms with Crippen LogP contribution < -0.4 is 4.72 Å². The van der Waals surface area contributed by atoms with Gasteiger partial charge in [-0.15, -0.1) is 0 Å². The van der Waals surface area contributed by atoms with Gasteiger partial charge in [-0.05, 0) is 42.5 Å². The Morgan fingerprint density at radius 2 is 1.60 bits per heavy atom. The van der Waals surface area contributed by atoms with Gasteiger partial charge in [0.05, 0.1) is 11.0 Å². The molecule has 0 unspecified atom stereocenters. The van der Waals surface area contributed by atoms with E-state index >= 15 is 0 Å². The molecule has 0 heterocycles. The number of hydrogen-bond acceptors (Lipinski definition) is 4. The van der Waals surface area contributed by atoms with E-state index in [1.165, 1.54) is 29.5 Å². The highest BCUT2D eigenvalue weighted by Gasteiger charge is 2.31. The van der Waals surface area contributed by atoms with Crippen molar-refractivity contribution in [2.75, 3.05) is 7.05 Å². The van der Waals surface area contributed by atoms with Gasteiger partial charge < -0.3 is 10.0 Å². The minimum absolute atomic E-state index is 0.0337. The zero-order valence-corrected chi connectivity index (χ0v) is 19.3. The van der Waals surface area contributed by atoms with E-state index in [1.54, 1.807) is 19.2 Å². The second-order valence-electron chi connectivity index (χ2n) is 8.79. The van der Waals surface area contributed by atoms with Crippen molar-refractivity contribution < 1.29 is 18.3 Å². The number of benzene rings is 2. The normalized spacial score (nSPS) is 14.2. The van der Waals surface area contributed by atoms with Gasteiger partial charge in [0.2, 0.25) is 15.9 Å². The summed E-state index contributed by atoms with van der Waals surface area (Å²) in [4.78, 5) is 14.4. The number of likely N-dealkylation sites (N-methyl/N-ethyl adjacent to an activating group) is 1. The lowest BCUT2D eigenvalue weighted by Crippen LogP contribution is -2.52. The number of aliphatic hydroxyl groups excluding tert-OH is 1. The molecule has 30 heavy (non-hydrogen) atoms. The Morgan fingerprint density at radius 3 is 2.07 bits per heavy atom. The van der Waals surface area contributed by atoms with Crippen molar-refractivity contribution in [1.29, 1.82) is 0 Å². The molecule has 0 bridgehead atoms. The number of nitrogens with one attached hydrogen (secondary N) is 1. The van der Waals surface area contributed by atoms with Gasteiger partial charge in [-0.25, -0.2) is 8.42 Å². The fourth-order valence-electron chi connectivity index (χ4n) is 3.01. The van der Waals surface area contributed by atoms with Crippen LogP contribution in [0.1, 0.15) is 44.4 Å². The van der Waals surface area contributed by atoms with Crippen molar-refractivity contribution in [3.05, 3.63) is 65.2 Å². The van der Waals surface area contributed by atoms with E-state index in [0.717, 1.165) is 11.1 Å². The number of sulfonamides is 1. The zero-order valence-electron chi connectivity index (χ0n) is 18.5. The fourth-order valence-corrected chi connectivity index (χ4v) is 4.27. The molecule has 1 amide bonds. The number of aliphatic hydroxyl groups is 1. The lowest BCUT2D eigenvalue weighted by Gasteiger charge is -2.26. The van der Waals surface area contributed by atoms with E-state index in [9.17, 15) is 18.3 Å². The van der Waals surface area contributed by atoms with Crippen molar-refractivity contribution in [2.45, 2.75) is 63.6 Å². The maximum Gasteiger partial charge on any atom is 0.243 e. The van der Waals surface area contributed by atoms with Crippen LogP contribution in [0.2, 0.25) is 0 Å². The second kappa shape index (κ2) is 9.29. The molecule has 0 aromatic heterocycles. The summed E-state index contributed by atoms with van der Waals surface area (Å²) < 4.78 is 27.7. The molecule has 7 heteroatoms. The standard InChI is InChI=1S/C23H32N2O4S/c1-16-7-13-20(14-8-16)30(28,29)24-21(17(2)26)22(27)25(6)15-18-9-11-19(12-10-18)23(3,4)5/h7-14,17,21,24,26H,15H2,1-6H3/t17-,21+/m0/s1. The van der Waals surface area contributed by atoms with E-state index in [0.29, 0.717) is 6.54 Å². The van der Waals surface area contributed by atoms with Gasteiger partial charge in [-0.2, -0.15) is 4.72 Å². The first-order chi connectivity index (χ1) is 13.8. The molecule has 0 radical (unpaired) electrons. The highest BCUT2D eigenvalue weighted by Crippen LogP contribution is 2.22. The summed E-state index contributed by atoms with van der Waals surface area (Å²) in [6.07, 6.45) is -1.19. The van der Waals surface area contributed by atoms with Crippen molar-refractivity contribution in [3.63, 3.8) is 0 Å². The number of carbonyl (C=O) groups is 1. The first kappa shape index (κ1) is 24.1. The monoisotopic (exact) mass is 432 g/mol. The van der Waals surface area contributed by atoms with Gasteiger partial charge in [0.1, 0.15) is 6.04 Å². The van der Waals surface area contributed by atoms with E-state index in [4.69, 9.17) is 0 Å². The Hall–Kier alpha value is -2.22. The van der Waals surface area contributed by atoms with Crippen LogP contribution in [-0.4, -0.2) is 43.5 Å². The zero-order chi connectivity index (χ0) is 22.7. The maximum atomic E-state index is 12.9. The molecular formula is C23H32N2O4S. The largest absolute Gasteiger partial charge is 0.391 e. The summed E-state index contributed by atoms with van der Waals surface area (Å²) in [5.74, 6) is -0.499. The molecule has 0 spiro atoms. The molecule has 0 fully saturated rings. The molecule has 6 nitrogen and oxygen atoms in total. The summed E-state index contributed by atoms with van der Waals surface area (Å²) in [5, 5.41) is 10.1. The molecule has 2 rings (SSSR count). The maximum absolute atomic E-state index is 12.9. The van der Waals surface area contributed by atoms with Crippen LogP contribution in [0.15, 0.2) is 53.4 Å². The summed E-state index contributed by atoms with van der Waals surface area (Å²) in [6, 6.07) is 13.0. The number of carbonyl (C=O) groups excluding carboxylic acids is 1. The van der Waals surface area contributed by atoms with E-state index in [1.807, 2.05) is 31.2 Å². The highest BCUT2D eigenvalue weighted by atomic mass is 32.2. The van der Waals surface area contributed by atoms with Crippen molar-refractivity contribution in [1.82, 2.24) is 9.62 Å². The third-order valence-electron chi connectivity index (χ3n) is 4.98. The third kappa shape index (κ3) is 6.14. The third-order valence-corrected chi connectivity index (χ3v) is 6.43. The molecule has 2 N–H and O–H groups in total. The number of rotatable bonds is 7. The molecule has 0 aliphatic heterocycles. The predicted octanol–water partition coefficient (Wildman–Crippen LogP) is 2.98. The van der Waals surface area contributed by atoms with Crippen LogP contribution in [0.3, 0.4) is 0 Å². The number of hydrogen-bond donors (Lipinski definition) is 2. The lowest BCUT2D eigenvalue weighted by molar-refractivity contribution is -0.134. The molecule has 2 aromatic rings. The van der Waals surface area contributed by atoms with Gasteiger partial charge in [0.15, 0.2) is 0 Å². The first-order valence-electron chi connectivity index (χ1n) is 9.93. The Bertz CT molecular complexity index is 960. The molecule has 0 saturated heterocycles. The Balaban J connectivity index is 2.15. The van der Waals surface area contributed by atoms with E-state index in [-0.39, 0.29) is 10.3 Å². The van der Waals surface area contributed by atoms with Gasteiger partial charge in [0.25, 0.3) is 0 Å². The Kier molecular flexibility index (Phi) is 7.45. The van der Waals surface area contributed by atoms with Crippen molar-refractivity contribution in [2.24, 2.45) is 0 Å². The molecule has 164 valence electrons. The average Bonchev–Trinajstić information content (AvgIpc) is 2.65. The van der Waals surface area contributed by atoms with Crippen molar-refractivity contribution in [3.8, 4) is 0 Å². The highest BCUT2D eigenvalue weighted by molar-refractivity contribution is 7.89. The van der Waals surface area contributed by atoms with Crippen LogP contribution in [0.5, 0.6) is 0 Å². The number of nitrogens with zero attached hydrogens (tertiary/aromatic N) is 1. The van der Waals surface area contributed by atoms with Crippen LogP contribution >= 0.6 is 0 Å². The minimum Gasteiger partial charge on any atom is -0.391 e. The summed E-state index contributed by atoms with van der Waals surface area (Å²) >= 11 is 0. The van der Waals surface area contributed by atoms with Crippen LogP contribution in [0.25, 0.3) is 0 Å². The first-order valence-corrected chi connectivity index (χ1v) is 11.4. The SMILES string of the molecule is Cc1ccc(S(=O)(=O)N[C@@H](C(=O)N(C)Cc2ccc(C(C)(C)C)cc2)[C@H](C)O)cc1.